The maximum Gasteiger partial charge on any atom is 0.416 e. The minimum absolute atomic E-state index is 0.0706. The van der Waals surface area contributed by atoms with E-state index in [4.69, 9.17) is 0 Å². The van der Waals surface area contributed by atoms with Crippen LogP contribution in [0.3, 0.4) is 0 Å². The molecule has 2 atom stereocenters. The maximum absolute atomic E-state index is 13.8. The van der Waals surface area contributed by atoms with Crippen LogP contribution < -0.4 is 10.6 Å². The van der Waals surface area contributed by atoms with Crippen LogP contribution >= 0.6 is 11.8 Å². The molecule has 0 fully saturated rings. The first kappa shape index (κ1) is 20.2. The van der Waals surface area contributed by atoms with Crippen molar-refractivity contribution in [1.82, 2.24) is 5.32 Å². The summed E-state index contributed by atoms with van der Waals surface area (Å²) in [6.45, 7) is 1.62. The van der Waals surface area contributed by atoms with E-state index in [0.717, 1.165) is 23.9 Å². The van der Waals surface area contributed by atoms with Gasteiger partial charge in [-0.3, -0.25) is 9.59 Å². The van der Waals surface area contributed by atoms with Gasteiger partial charge in [-0.15, -0.1) is 11.8 Å². The third-order valence-corrected chi connectivity index (χ3v) is 5.52. The van der Waals surface area contributed by atoms with Gasteiger partial charge in [0.1, 0.15) is 5.82 Å². The third-order valence-electron chi connectivity index (χ3n) is 4.25. The van der Waals surface area contributed by atoms with Crippen molar-refractivity contribution in [3.05, 3.63) is 59.4 Å². The Balaban J connectivity index is 1.66. The topological polar surface area (TPSA) is 58.2 Å². The van der Waals surface area contributed by atoms with Gasteiger partial charge in [-0.2, -0.15) is 13.2 Å². The number of hydrogen-bond acceptors (Lipinski definition) is 3. The molecule has 0 aliphatic carbocycles. The molecule has 1 aliphatic heterocycles. The van der Waals surface area contributed by atoms with Crippen molar-refractivity contribution in [1.29, 1.82) is 0 Å². The number of amides is 2. The summed E-state index contributed by atoms with van der Waals surface area (Å²) in [6.07, 6.45) is -4.69. The lowest BCUT2D eigenvalue weighted by Gasteiger charge is -2.25. The van der Waals surface area contributed by atoms with Crippen LogP contribution in [0.5, 0.6) is 0 Å². The molecule has 2 amide bonds. The monoisotopic (exact) mass is 412 g/mol. The molecular formula is C19H16F4N2O2S. The van der Waals surface area contributed by atoms with Crippen molar-refractivity contribution in [2.75, 3.05) is 5.32 Å². The van der Waals surface area contributed by atoms with Crippen LogP contribution in [0, 0.1) is 5.82 Å². The molecule has 0 aromatic heterocycles. The number of halogens is 4. The van der Waals surface area contributed by atoms with Crippen molar-refractivity contribution < 1.29 is 27.2 Å². The lowest BCUT2D eigenvalue weighted by Crippen LogP contribution is -2.36. The summed E-state index contributed by atoms with van der Waals surface area (Å²) < 4.78 is 52.2. The molecule has 3 rings (SSSR count). The quantitative estimate of drug-likeness (QED) is 0.726. The van der Waals surface area contributed by atoms with Gasteiger partial charge < -0.3 is 10.6 Å². The van der Waals surface area contributed by atoms with Crippen LogP contribution in [-0.2, 0) is 15.8 Å². The first-order chi connectivity index (χ1) is 13.1. The summed E-state index contributed by atoms with van der Waals surface area (Å²) in [4.78, 5) is 24.9. The van der Waals surface area contributed by atoms with Crippen LogP contribution in [0.15, 0.2) is 47.4 Å². The van der Waals surface area contributed by atoms with Crippen LogP contribution in [0.2, 0.25) is 0 Å². The van der Waals surface area contributed by atoms with Gasteiger partial charge in [0.05, 0.1) is 22.5 Å². The fourth-order valence-electron chi connectivity index (χ4n) is 2.83. The Hall–Kier alpha value is -2.55. The van der Waals surface area contributed by atoms with Gasteiger partial charge in [-0.25, -0.2) is 4.39 Å². The number of carbonyl (C=O) groups is 2. The standard InChI is InChI=1S/C19H16F4N2O2S/c1-10(12-4-2-3-5-13(12)20)24-17(26)9-16-18(27)25-14-8-11(19(21,22)23)6-7-15(14)28-16/h2-8,10,16H,9H2,1H3,(H,24,26)(H,25,27). The van der Waals surface area contributed by atoms with E-state index < -0.39 is 40.7 Å². The summed E-state index contributed by atoms with van der Waals surface area (Å²) >= 11 is 1.02. The highest BCUT2D eigenvalue weighted by molar-refractivity contribution is 8.01. The van der Waals surface area contributed by atoms with E-state index in [1.165, 1.54) is 18.2 Å². The van der Waals surface area contributed by atoms with Gasteiger partial charge >= 0.3 is 6.18 Å². The number of hydrogen-bond donors (Lipinski definition) is 2. The Morgan fingerprint density at radius 2 is 1.96 bits per heavy atom. The molecule has 2 aromatic carbocycles. The second kappa shape index (κ2) is 7.83. The smallest absolute Gasteiger partial charge is 0.349 e. The van der Waals surface area contributed by atoms with Crippen molar-refractivity contribution in [2.24, 2.45) is 0 Å². The lowest BCUT2D eigenvalue weighted by molar-refractivity contribution is -0.137. The summed E-state index contributed by atoms with van der Waals surface area (Å²) in [5.74, 6) is -1.46. The van der Waals surface area contributed by atoms with E-state index in [1.807, 2.05) is 0 Å². The number of rotatable bonds is 4. The molecule has 4 nitrogen and oxygen atoms in total. The molecule has 28 heavy (non-hydrogen) atoms. The molecule has 0 saturated heterocycles. The molecule has 0 saturated carbocycles. The predicted octanol–water partition coefficient (Wildman–Crippen LogP) is 4.52. The van der Waals surface area contributed by atoms with E-state index in [-0.39, 0.29) is 12.1 Å². The van der Waals surface area contributed by atoms with Gasteiger partial charge in [-0.05, 0) is 31.2 Å². The number of benzene rings is 2. The SMILES string of the molecule is CC(NC(=O)CC1Sc2ccc(C(F)(F)F)cc2NC1=O)c1ccccc1F. The first-order valence-corrected chi connectivity index (χ1v) is 9.25. The zero-order valence-electron chi connectivity index (χ0n) is 14.6. The largest absolute Gasteiger partial charge is 0.416 e. The van der Waals surface area contributed by atoms with E-state index in [1.54, 1.807) is 19.1 Å². The second-order valence-corrected chi connectivity index (χ2v) is 7.56. The average Bonchev–Trinajstić information content (AvgIpc) is 2.61. The highest BCUT2D eigenvalue weighted by atomic mass is 32.2. The van der Waals surface area contributed by atoms with Gasteiger partial charge in [0.15, 0.2) is 0 Å². The number of anilines is 1. The molecule has 2 N–H and O–H groups in total. The molecule has 0 spiro atoms. The average molecular weight is 412 g/mol. The van der Waals surface area contributed by atoms with Crippen LogP contribution in [-0.4, -0.2) is 17.1 Å². The molecule has 1 heterocycles. The second-order valence-electron chi connectivity index (χ2n) is 6.32. The molecule has 9 heteroatoms. The molecule has 2 aromatic rings. The first-order valence-electron chi connectivity index (χ1n) is 8.37. The van der Waals surface area contributed by atoms with Crippen LogP contribution in [0.1, 0.15) is 30.5 Å². The number of nitrogens with one attached hydrogen (secondary N) is 2. The van der Waals surface area contributed by atoms with Crippen LogP contribution in [0.25, 0.3) is 0 Å². The Kier molecular flexibility index (Phi) is 5.64. The van der Waals surface area contributed by atoms with Gasteiger partial charge in [0, 0.05) is 16.9 Å². The number of fused-ring (bicyclic) bond motifs is 1. The fraction of sp³-hybridized carbons (Fsp3) is 0.263. The van der Waals surface area contributed by atoms with E-state index in [2.05, 4.69) is 10.6 Å². The Labute approximate surface area is 162 Å². The highest BCUT2D eigenvalue weighted by Gasteiger charge is 2.34. The van der Waals surface area contributed by atoms with E-state index in [9.17, 15) is 27.2 Å². The Morgan fingerprint density at radius 1 is 1.25 bits per heavy atom. The van der Waals surface area contributed by atoms with Crippen molar-refractivity contribution in [2.45, 2.75) is 35.7 Å². The molecule has 148 valence electrons. The molecule has 0 bridgehead atoms. The number of carbonyl (C=O) groups excluding carboxylic acids is 2. The van der Waals surface area contributed by atoms with E-state index in [0.29, 0.717) is 10.5 Å². The van der Waals surface area contributed by atoms with Crippen LogP contribution in [0.4, 0.5) is 23.2 Å². The predicted molar refractivity (Wildman–Crippen MR) is 97.3 cm³/mol. The van der Waals surface area contributed by atoms with Gasteiger partial charge in [0.25, 0.3) is 0 Å². The normalized spacial score (nSPS) is 17.5. The summed E-state index contributed by atoms with van der Waals surface area (Å²) in [5.41, 5.74) is -0.468. The zero-order chi connectivity index (χ0) is 20.5. The minimum Gasteiger partial charge on any atom is -0.349 e. The summed E-state index contributed by atoms with van der Waals surface area (Å²) in [6, 6.07) is 8.51. The fourth-order valence-corrected chi connectivity index (χ4v) is 3.92. The van der Waals surface area contributed by atoms with Crippen molar-refractivity contribution >= 4 is 29.3 Å². The van der Waals surface area contributed by atoms with Gasteiger partial charge in [0.2, 0.25) is 11.8 Å². The molecule has 2 unspecified atom stereocenters. The molecular weight excluding hydrogens is 396 g/mol. The van der Waals surface area contributed by atoms with Crippen molar-refractivity contribution in [3.8, 4) is 0 Å². The number of alkyl halides is 3. The summed E-state index contributed by atoms with van der Waals surface area (Å²) in [7, 11) is 0. The maximum atomic E-state index is 13.8. The molecule has 1 aliphatic rings. The highest BCUT2D eigenvalue weighted by Crippen LogP contribution is 2.40. The van der Waals surface area contributed by atoms with Gasteiger partial charge in [-0.1, -0.05) is 18.2 Å². The number of thioether (sulfide) groups is 1. The van der Waals surface area contributed by atoms with E-state index >= 15 is 0 Å². The lowest BCUT2D eigenvalue weighted by atomic mass is 10.1. The Morgan fingerprint density at radius 3 is 2.64 bits per heavy atom. The summed E-state index contributed by atoms with van der Waals surface area (Å²) in [5, 5.41) is 4.26. The zero-order valence-corrected chi connectivity index (χ0v) is 15.5. The Bertz CT molecular complexity index is 917. The van der Waals surface area contributed by atoms with Crippen molar-refractivity contribution in [3.63, 3.8) is 0 Å². The third kappa shape index (κ3) is 4.46. The molecule has 0 radical (unpaired) electrons. The minimum atomic E-state index is -4.51.